The molecule has 3 atom stereocenters. The zero-order valence-electron chi connectivity index (χ0n) is 22.9. The Hall–Kier alpha value is -3.24. The minimum Gasteiger partial charge on any atom is -0.480 e. The number of nitrogens with zero attached hydrogens (tertiary/aromatic N) is 1. The van der Waals surface area contributed by atoms with Crippen LogP contribution in [-0.4, -0.2) is 76.0 Å². The van der Waals surface area contributed by atoms with E-state index in [9.17, 15) is 36.3 Å². The van der Waals surface area contributed by atoms with E-state index in [4.69, 9.17) is 21.5 Å². The number of benzene rings is 2. The van der Waals surface area contributed by atoms with E-state index in [-0.39, 0.29) is 28.6 Å². The van der Waals surface area contributed by atoms with Crippen LogP contribution in [0.1, 0.15) is 38.7 Å². The summed E-state index contributed by atoms with van der Waals surface area (Å²) in [5.74, 6) is -2.04. The molecule has 2 aromatic rings. The van der Waals surface area contributed by atoms with E-state index in [0.29, 0.717) is 25.8 Å². The fourth-order valence-electron chi connectivity index (χ4n) is 4.55. The lowest BCUT2D eigenvalue weighted by Gasteiger charge is -2.27. The predicted octanol–water partition coefficient (Wildman–Crippen LogP) is 1.71. The number of ether oxygens (including phenoxy) is 1. The average Bonchev–Trinajstić information content (AvgIpc) is 3.41. The van der Waals surface area contributed by atoms with Crippen molar-refractivity contribution in [2.75, 3.05) is 17.9 Å². The maximum absolute atomic E-state index is 12.9. The Morgan fingerprint density at radius 3 is 2.40 bits per heavy atom. The van der Waals surface area contributed by atoms with Crippen LogP contribution in [0.3, 0.4) is 0 Å². The largest absolute Gasteiger partial charge is 0.480 e. The molecule has 1 heterocycles. The first-order valence-corrected chi connectivity index (χ1v) is 16.4. The highest BCUT2D eigenvalue weighted by Gasteiger charge is 2.37. The third-order valence-electron chi connectivity index (χ3n) is 6.66. The second kappa shape index (κ2) is 13.8. The molecule has 1 aliphatic rings. The number of aliphatic carboxylic acids is 1. The Bertz CT molecular complexity index is 1530. The van der Waals surface area contributed by atoms with E-state index in [1.807, 2.05) is 0 Å². The molecule has 0 aliphatic carbocycles. The topological polar surface area (TPSA) is 202 Å². The van der Waals surface area contributed by atoms with E-state index in [1.165, 1.54) is 17.0 Å². The monoisotopic (exact) mass is 644 g/mol. The van der Waals surface area contributed by atoms with Gasteiger partial charge in [0.2, 0.25) is 15.9 Å². The molecule has 0 bridgehead atoms. The molecule has 1 aliphatic heterocycles. The Labute approximate surface area is 249 Å². The minimum absolute atomic E-state index is 0.133. The molecule has 2 aromatic carbocycles. The number of carboxylic acid groups (broad SMARTS) is 1. The molecule has 0 unspecified atom stereocenters. The summed E-state index contributed by atoms with van der Waals surface area (Å²) in [5, 5.41) is 17.3. The summed E-state index contributed by atoms with van der Waals surface area (Å²) in [7, 11) is -8.43. The third-order valence-corrected chi connectivity index (χ3v) is 9.43. The van der Waals surface area contributed by atoms with Crippen LogP contribution < -0.4 is 15.2 Å². The first kappa shape index (κ1) is 33.3. The lowest BCUT2D eigenvalue weighted by atomic mass is 10.0. The number of nitrogens with two attached hydrogens (primary N) is 1. The normalized spacial score (nSPS) is 17.0. The van der Waals surface area contributed by atoms with Crippen molar-refractivity contribution in [1.82, 2.24) is 10.2 Å². The van der Waals surface area contributed by atoms with Crippen molar-refractivity contribution >= 4 is 55.2 Å². The van der Waals surface area contributed by atoms with E-state index in [0.717, 1.165) is 23.8 Å². The van der Waals surface area contributed by atoms with Crippen LogP contribution in [0, 0.1) is 0 Å². The van der Waals surface area contributed by atoms with Crippen LogP contribution in [0.5, 0.6) is 0 Å². The van der Waals surface area contributed by atoms with Crippen molar-refractivity contribution in [3.63, 3.8) is 0 Å². The van der Waals surface area contributed by atoms with Gasteiger partial charge in [0.1, 0.15) is 17.0 Å². The first-order chi connectivity index (χ1) is 19.6. The van der Waals surface area contributed by atoms with Crippen molar-refractivity contribution in [1.29, 1.82) is 0 Å². The SMILES string of the molecule is CCOC(=O)[C@H](CCc1ccc(NS(=O)(=O)c2ccc(Cl)c(S(N)(=O)=O)c2)cc1)N[C@@H](C)C(=O)N1CCC[C@H]1C(=O)O. The van der Waals surface area contributed by atoms with Gasteiger partial charge in [-0.25, -0.2) is 26.8 Å². The lowest BCUT2D eigenvalue weighted by Crippen LogP contribution is -2.53. The zero-order valence-corrected chi connectivity index (χ0v) is 25.3. The number of halogens is 1. The van der Waals surface area contributed by atoms with Gasteiger partial charge in [-0.1, -0.05) is 23.7 Å². The van der Waals surface area contributed by atoms with Gasteiger partial charge in [-0.15, -0.1) is 0 Å². The molecule has 1 fully saturated rings. The summed E-state index contributed by atoms with van der Waals surface area (Å²) in [4.78, 5) is 37.5. The van der Waals surface area contributed by atoms with Crippen molar-refractivity contribution in [2.45, 2.75) is 67.4 Å². The number of anilines is 1. The van der Waals surface area contributed by atoms with Crippen molar-refractivity contribution in [2.24, 2.45) is 5.14 Å². The molecule has 0 saturated carbocycles. The second-order valence-electron chi connectivity index (χ2n) is 9.70. The fraction of sp³-hybridized carbons (Fsp3) is 0.423. The molecule has 0 aromatic heterocycles. The number of hydrogen-bond acceptors (Lipinski definition) is 9. The van der Waals surface area contributed by atoms with E-state index < -0.39 is 60.9 Å². The first-order valence-electron chi connectivity index (χ1n) is 13.0. The van der Waals surface area contributed by atoms with Crippen LogP contribution >= 0.6 is 11.6 Å². The van der Waals surface area contributed by atoms with Crippen LogP contribution in [0.4, 0.5) is 5.69 Å². The molecule has 3 rings (SSSR count). The summed E-state index contributed by atoms with van der Waals surface area (Å²) in [6.45, 7) is 3.69. The van der Waals surface area contributed by atoms with Gasteiger partial charge in [0.25, 0.3) is 10.0 Å². The Morgan fingerprint density at radius 1 is 1.14 bits per heavy atom. The molecule has 16 heteroatoms. The molecule has 13 nitrogen and oxygen atoms in total. The van der Waals surface area contributed by atoms with Crippen LogP contribution in [-0.2, 0) is 45.6 Å². The zero-order chi connectivity index (χ0) is 31.2. The highest BCUT2D eigenvalue weighted by molar-refractivity contribution is 7.93. The number of sulfonamides is 2. The molecule has 230 valence electrons. The van der Waals surface area contributed by atoms with Gasteiger partial charge >= 0.3 is 11.9 Å². The highest BCUT2D eigenvalue weighted by Crippen LogP contribution is 2.25. The van der Waals surface area contributed by atoms with Crippen molar-refractivity contribution < 1.29 is 41.1 Å². The van der Waals surface area contributed by atoms with Crippen LogP contribution in [0.2, 0.25) is 5.02 Å². The Kier molecular flexibility index (Phi) is 10.9. The molecular weight excluding hydrogens is 612 g/mol. The van der Waals surface area contributed by atoms with Gasteiger partial charge in [-0.3, -0.25) is 19.6 Å². The number of esters is 1. The van der Waals surface area contributed by atoms with Crippen LogP contribution in [0.15, 0.2) is 52.3 Å². The summed E-state index contributed by atoms with van der Waals surface area (Å²) in [5.41, 5.74) is 0.949. The Balaban J connectivity index is 1.67. The number of carboxylic acids is 1. The number of aryl methyl sites for hydroxylation is 1. The van der Waals surface area contributed by atoms with Gasteiger partial charge in [0.15, 0.2) is 0 Å². The number of amides is 1. The summed E-state index contributed by atoms with van der Waals surface area (Å²) < 4.78 is 56.6. The number of hydrogen-bond donors (Lipinski definition) is 4. The molecule has 0 spiro atoms. The fourth-order valence-corrected chi connectivity index (χ4v) is 6.78. The smallest absolute Gasteiger partial charge is 0.326 e. The number of rotatable bonds is 13. The third kappa shape index (κ3) is 8.41. The summed E-state index contributed by atoms with van der Waals surface area (Å²) in [6, 6.07) is 6.85. The van der Waals surface area contributed by atoms with Gasteiger partial charge in [-0.05, 0) is 75.4 Å². The van der Waals surface area contributed by atoms with E-state index >= 15 is 0 Å². The maximum atomic E-state index is 12.9. The molecule has 42 heavy (non-hydrogen) atoms. The lowest BCUT2D eigenvalue weighted by molar-refractivity contribution is -0.150. The standard InChI is InChI=1S/C26H33ClN4O9S2/c1-3-40-26(35)21(29-16(2)24(32)31-14-4-5-22(31)25(33)34)13-8-17-6-9-18(10-7-17)30-42(38,39)19-11-12-20(27)23(15-19)41(28,36)37/h6-7,9-12,15-16,21-22,29-30H,3-5,8,13-14H2,1-2H3,(H,33,34)(H2,28,36,37)/t16-,21-,22-/m0/s1. The minimum atomic E-state index is -4.25. The predicted molar refractivity (Wildman–Crippen MR) is 154 cm³/mol. The molecule has 0 radical (unpaired) electrons. The van der Waals surface area contributed by atoms with E-state index in [2.05, 4.69) is 10.0 Å². The number of carbonyl (C=O) groups is 3. The van der Waals surface area contributed by atoms with Gasteiger partial charge in [-0.2, -0.15) is 0 Å². The summed E-state index contributed by atoms with van der Waals surface area (Å²) in [6.07, 6.45) is 1.56. The highest BCUT2D eigenvalue weighted by atomic mass is 35.5. The van der Waals surface area contributed by atoms with Gasteiger partial charge < -0.3 is 14.7 Å². The molecular formula is C26H33ClN4O9S2. The van der Waals surface area contributed by atoms with Crippen molar-refractivity contribution in [3.8, 4) is 0 Å². The Morgan fingerprint density at radius 2 is 1.81 bits per heavy atom. The molecule has 1 saturated heterocycles. The number of nitrogens with one attached hydrogen (secondary N) is 2. The number of primary sulfonamides is 1. The second-order valence-corrected chi connectivity index (χ2v) is 13.3. The quantitative estimate of drug-likeness (QED) is 0.232. The van der Waals surface area contributed by atoms with Crippen LogP contribution in [0.25, 0.3) is 0 Å². The molecule has 5 N–H and O–H groups in total. The number of likely N-dealkylation sites (tertiary alicyclic amines) is 1. The average molecular weight is 645 g/mol. The van der Waals surface area contributed by atoms with Crippen molar-refractivity contribution in [3.05, 3.63) is 53.1 Å². The van der Waals surface area contributed by atoms with Gasteiger partial charge in [0.05, 0.1) is 22.6 Å². The molecule has 1 amide bonds. The van der Waals surface area contributed by atoms with E-state index in [1.54, 1.807) is 26.0 Å². The number of carbonyl (C=O) groups excluding carboxylic acids is 2. The maximum Gasteiger partial charge on any atom is 0.326 e. The summed E-state index contributed by atoms with van der Waals surface area (Å²) >= 11 is 5.84. The van der Waals surface area contributed by atoms with Gasteiger partial charge in [0, 0.05) is 12.2 Å².